The molecular formula is C9H12BrN3O. The van der Waals surface area contributed by atoms with Crippen molar-refractivity contribution in [3.63, 3.8) is 0 Å². The quantitative estimate of drug-likeness (QED) is 0.863. The summed E-state index contributed by atoms with van der Waals surface area (Å²) in [4.78, 5) is 15.3. The van der Waals surface area contributed by atoms with Crippen molar-refractivity contribution in [1.29, 1.82) is 0 Å². The van der Waals surface area contributed by atoms with Gasteiger partial charge in [0.25, 0.3) is 0 Å². The SMILES string of the molecule is CC(N)CC(=O)Nc1cc(Br)ccn1. The number of halogens is 1. The predicted octanol–water partition coefficient (Wildman–Crippen LogP) is 1.52. The van der Waals surface area contributed by atoms with E-state index in [1.165, 1.54) is 0 Å². The second-order valence-electron chi connectivity index (χ2n) is 3.09. The Kier molecular flexibility index (Phi) is 4.03. The lowest BCUT2D eigenvalue weighted by molar-refractivity contribution is -0.116. The minimum atomic E-state index is -0.137. The Morgan fingerprint density at radius 2 is 2.50 bits per heavy atom. The fourth-order valence-corrected chi connectivity index (χ4v) is 1.29. The van der Waals surface area contributed by atoms with Gasteiger partial charge in [0, 0.05) is 23.1 Å². The Balaban J connectivity index is 2.56. The molecule has 4 nitrogen and oxygen atoms in total. The van der Waals surface area contributed by atoms with Crippen molar-refractivity contribution in [2.24, 2.45) is 5.73 Å². The van der Waals surface area contributed by atoms with Gasteiger partial charge in [-0.1, -0.05) is 15.9 Å². The van der Waals surface area contributed by atoms with Crippen LogP contribution in [0.15, 0.2) is 22.8 Å². The van der Waals surface area contributed by atoms with Gasteiger partial charge in [0.2, 0.25) is 5.91 Å². The first kappa shape index (κ1) is 11.1. The highest BCUT2D eigenvalue weighted by atomic mass is 79.9. The molecule has 0 spiro atoms. The molecule has 0 aliphatic heterocycles. The van der Waals surface area contributed by atoms with E-state index in [4.69, 9.17) is 5.73 Å². The molecule has 1 amide bonds. The van der Waals surface area contributed by atoms with Crippen molar-refractivity contribution in [2.45, 2.75) is 19.4 Å². The van der Waals surface area contributed by atoms with Crippen molar-refractivity contribution in [2.75, 3.05) is 5.32 Å². The fraction of sp³-hybridized carbons (Fsp3) is 0.333. The highest BCUT2D eigenvalue weighted by molar-refractivity contribution is 9.10. The molecule has 0 radical (unpaired) electrons. The van der Waals surface area contributed by atoms with Crippen molar-refractivity contribution in [3.05, 3.63) is 22.8 Å². The summed E-state index contributed by atoms with van der Waals surface area (Å²) in [5.74, 6) is 0.413. The average molecular weight is 258 g/mol. The molecule has 0 aliphatic rings. The number of aromatic nitrogens is 1. The van der Waals surface area contributed by atoms with Crippen LogP contribution in [0.1, 0.15) is 13.3 Å². The Bertz CT molecular complexity index is 328. The van der Waals surface area contributed by atoms with Gasteiger partial charge in [0.05, 0.1) is 0 Å². The van der Waals surface area contributed by atoms with Gasteiger partial charge in [-0.05, 0) is 19.1 Å². The number of rotatable bonds is 3. The Morgan fingerprint density at radius 3 is 3.07 bits per heavy atom. The lowest BCUT2D eigenvalue weighted by Crippen LogP contribution is -2.24. The molecule has 76 valence electrons. The van der Waals surface area contributed by atoms with E-state index in [2.05, 4.69) is 26.2 Å². The second kappa shape index (κ2) is 5.07. The maximum Gasteiger partial charge on any atom is 0.227 e. The number of hydrogen-bond acceptors (Lipinski definition) is 3. The minimum Gasteiger partial charge on any atom is -0.327 e. The zero-order valence-corrected chi connectivity index (χ0v) is 9.41. The van der Waals surface area contributed by atoms with E-state index in [0.29, 0.717) is 12.2 Å². The molecule has 0 saturated carbocycles. The van der Waals surface area contributed by atoms with Gasteiger partial charge in [-0.15, -0.1) is 0 Å². The van der Waals surface area contributed by atoms with Crippen molar-refractivity contribution < 1.29 is 4.79 Å². The molecule has 0 fully saturated rings. The van der Waals surface area contributed by atoms with Crippen LogP contribution in [0.25, 0.3) is 0 Å². The smallest absolute Gasteiger partial charge is 0.227 e. The highest BCUT2D eigenvalue weighted by Gasteiger charge is 2.05. The molecule has 5 heteroatoms. The van der Waals surface area contributed by atoms with Gasteiger partial charge in [-0.2, -0.15) is 0 Å². The first-order valence-corrected chi connectivity index (χ1v) is 5.04. The van der Waals surface area contributed by atoms with Crippen LogP contribution < -0.4 is 11.1 Å². The van der Waals surface area contributed by atoms with Gasteiger partial charge in [0.15, 0.2) is 0 Å². The molecule has 0 aromatic carbocycles. The zero-order chi connectivity index (χ0) is 10.6. The average Bonchev–Trinajstić information content (AvgIpc) is 2.01. The van der Waals surface area contributed by atoms with Gasteiger partial charge in [-0.25, -0.2) is 4.98 Å². The second-order valence-corrected chi connectivity index (χ2v) is 4.00. The number of hydrogen-bond donors (Lipinski definition) is 2. The maximum absolute atomic E-state index is 11.3. The highest BCUT2D eigenvalue weighted by Crippen LogP contribution is 2.12. The molecule has 3 N–H and O–H groups in total. The molecule has 1 heterocycles. The first-order chi connectivity index (χ1) is 6.58. The number of pyridine rings is 1. The molecule has 0 aliphatic carbocycles. The van der Waals surface area contributed by atoms with Crippen LogP contribution in [-0.2, 0) is 4.79 Å². The summed E-state index contributed by atoms with van der Waals surface area (Å²) in [6.45, 7) is 1.79. The largest absolute Gasteiger partial charge is 0.327 e. The van der Waals surface area contributed by atoms with E-state index >= 15 is 0 Å². The summed E-state index contributed by atoms with van der Waals surface area (Å²) in [5.41, 5.74) is 5.49. The molecule has 0 bridgehead atoms. The summed E-state index contributed by atoms with van der Waals surface area (Å²) >= 11 is 3.29. The van der Waals surface area contributed by atoms with Crippen LogP contribution in [0.2, 0.25) is 0 Å². The summed E-state index contributed by atoms with van der Waals surface area (Å²) in [6, 6.07) is 3.39. The van der Waals surface area contributed by atoms with Gasteiger partial charge in [0.1, 0.15) is 5.82 Å². The van der Waals surface area contributed by atoms with E-state index in [1.54, 1.807) is 25.3 Å². The van der Waals surface area contributed by atoms with Crippen LogP contribution in [-0.4, -0.2) is 16.9 Å². The first-order valence-electron chi connectivity index (χ1n) is 4.25. The molecular weight excluding hydrogens is 246 g/mol. The Labute approximate surface area is 91.0 Å². The third kappa shape index (κ3) is 3.85. The molecule has 14 heavy (non-hydrogen) atoms. The van der Waals surface area contributed by atoms with Crippen LogP contribution in [0.3, 0.4) is 0 Å². The zero-order valence-electron chi connectivity index (χ0n) is 7.83. The van der Waals surface area contributed by atoms with E-state index in [1.807, 2.05) is 0 Å². The topological polar surface area (TPSA) is 68.0 Å². The minimum absolute atomic E-state index is 0.120. The number of amides is 1. The predicted molar refractivity (Wildman–Crippen MR) is 58.8 cm³/mol. The molecule has 1 unspecified atom stereocenters. The van der Waals surface area contributed by atoms with Crippen LogP contribution in [0, 0.1) is 0 Å². The number of nitrogens with two attached hydrogens (primary N) is 1. The lowest BCUT2D eigenvalue weighted by atomic mass is 10.2. The molecule has 1 aromatic heterocycles. The van der Waals surface area contributed by atoms with E-state index in [-0.39, 0.29) is 11.9 Å². The van der Waals surface area contributed by atoms with E-state index in [0.717, 1.165) is 4.47 Å². The van der Waals surface area contributed by atoms with Gasteiger partial charge >= 0.3 is 0 Å². The van der Waals surface area contributed by atoms with E-state index in [9.17, 15) is 4.79 Å². The molecule has 0 saturated heterocycles. The van der Waals surface area contributed by atoms with Crippen molar-refractivity contribution in [3.8, 4) is 0 Å². The van der Waals surface area contributed by atoms with Crippen LogP contribution >= 0.6 is 15.9 Å². The summed E-state index contributed by atoms with van der Waals surface area (Å²) in [5, 5.41) is 2.65. The fourth-order valence-electron chi connectivity index (χ4n) is 0.959. The molecule has 1 aromatic rings. The molecule has 1 atom stereocenters. The molecule has 1 rings (SSSR count). The van der Waals surface area contributed by atoms with Gasteiger partial charge in [-0.3, -0.25) is 4.79 Å². The Hall–Kier alpha value is -0.940. The normalized spacial score (nSPS) is 12.2. The lowest BCUT2D eigenvalue weighted by Gasteiger charge is -2.06. The van der Waals surface area contributed by atoms with E-state index < -0.39 is 0 Å². The Morgan fingerprint density at radius 1 is 1.79 bits per heavy atom. The summed E-state index contributed by atoms with van der Waals surface area (Å²) in [6.07, 6.45) is 1.92. The third-order valence-electron chi connectivity index (χ3n) is 1.50. The van der Waals surface area contributed by atoms with Gasteiger partial charge < -0.3 is 11.1 Å². The number of carbonyl (C=O) groups excluding carboxylic acids is 1. The monoisotopic (exact) mass is 257 g/mol. The van der Waals surface area contributed by atoms with Crippen molar-refractivity contribution >= 4 is 27.7 Å². The van der Waals surface area contributed by atoms with Crippen LogP contribution in [0.5, 0.6) is 0 Å². The van der Waals surface area contributed by atoms with Crippen molar-refractivity contribution in [1.82, 2.24) is 4.98 Å². The number of anilines is 1. The number of carbonyl (C=O) groups is 1. The maximum atomic E-state index is 11.3. The number of nitrogens with zero attached hydrogens (tertiary/aromatic N) is 1. The number of nitrogens with one attached hydrogen (secondary N) is 1. The summed E-state index contributed by atoms with van der Waals surface area (Å²) in [7, 11) is 0. The standard InChI is InChI=1S/C9H12BrN3O/c1-6(11)4-9(14)13-8-5-7(10)2-3-12-8/h2-3,5-6H,4,11H2,1H3,(H,12,13,14). The summed E-state index contributed by atoms with van der Waals surface area (Å²) < 4.78 is 0.878. The third-order valence-corrected chi connectivity index (χ3v) is 1.99. The van der Waals surface area contributed by atoms with Crippen LogP contribution in [0.4, 0.5) is 5.82 Å².